The van der Waals surface area contributed by atoms with Crippen molar-refractivity contribution in [3.05, 3.63) is 59.1 Å². The summed E-state index contributed by atoms with van der Waals surface area (Å²) in [5.74, 6) is 0.678. The summed E-state index contributed by atoms with van der Waals surface area (Å²) in [4.78, 5) is 22.9. The molecule has 2 rings (SSSR count). The first-order valence-corrected chi connectivity index (χ1v) is 7.46. The molecule has 5 nitrogen and oxygen atoms in total. The van der Waals surface area contributed by atoms with Gasteiger partial charge < -0.3 is 15.4 Å². The first-order valence-electron chi connectivity index (χ1n) is 7.09. The summed E-state index contributed by atoms with van der Waals surface area (Å²) in [5, 5.41) is 6.01. The van der Waals surface area contributed by atoms with Crippen LogP contribution in [0, 0.1) is 0 Å². The highest BCUT2D eigenvalue weighted by atomic mass is 35.5. The van der Waals surface area contributed by atoms with Crippen LogP contribution in [0.1, 0.15) is 17.3 Å². The van der Waals surface area contributed by atoms with Crippen LogP contribution in [0.3, 0.4) is 0 Å². The zero-order valence-corrected chi connectivity index (χ0v) is 13.4. The molecule has 2 N–H and O–H groups in total. The number of urea groups is 1. The molecule has 2 aromatic rings. The lowest BCUT2D eigenvalue weighted by Crippen LogP contribution is -2.32. The minimum Gasteiger partial charge on any atom is -0.492 e. The van der Waals surface area contributed by atoms with Crippen molar-refractivity contribution in [3.63, 3.8) is 0 Å². The van der Waals surface area contributed by atoms with Crippen molar-refractivity contribution >= 4 is 29.1 Å². The molecule has 0 aliphatic heterocycles. The predicted molar refractivity (Wildman–Crippen MR) is 90.4 cm³/mol. The van der Waals surface area contributed by atoms with Gasteiger partial charge in [0, 0.05) is 16.3 Å². The normalized spacial score (nSPS) is 10.0. The Morgan fingerprint density at radius 2 is 1.70 bits per heavy atom. The summed E-state index contributed by atoms with van der Waals surface area (Å²) in [6, 6.07) is 13.4. The Hall–Kier alpha value is -2.53. The molecule has 0 unspecified atom stereocenters. The van der Waals surface area contributed by atoms with Gasteiger partial charge in [0.15, 0.2) is 5.78 Å². The third-order valence-corrected chi connectivity index (χ3v) is 3.27. The SMILES string of the molecule is CC(=O)c1ccc(NC(=O)NCCOc2ccc(Cl)cc2)cc1. The maximum Gasteiger partial charge on any atom is 0.319 e. The highest BCUT2D eigenvalue weighted by molar-refractivity contribution is 6.30. The second-order valence-corrected chi connectivity index (χ2v) is 5.25. The first-order chi connectivity index (χ1) is 11.0. The number of hydrogen-bond donors (Lipinski definition) is 2. The fourth-order valence-corrected chi connectivity index (χ4v) is 1.95. The lowest BCUT2D eigenvalue weighted by Gasteiger charge is -2.09. The van der Waals surface area contributed by atoms with E-state index >= 15 is 0 Å². The summed E-state index contributed by atoms with van der Waals surface area (Å²) >= 11 is 5.78. The standard InChI is InChI=1S/C17H17ClN2O3/c1-12(21)13-2-6-15(7-3-13)20-17(22)19-10-11-23-16-8-4-14(18)5-9-16/h2-9H,10-11H2,1H3,(H2,19,20,22). The van der Waals surface area contributed by atoms with Gasteiger partial charge in [-0.15, -0.1) is 0 Å². The molecule has 2 amide bonds. The molecule has 0 aliphatic rings. The third kappa shape index (κ3) is 5.64. The van der Waals surface area contributed by atoms with Gasteiger partial charge >= 0.3 is 6.03 Å². The van der Waals surface area contributed by atoms with E-state index in [9.17, 15) is 9.59 Å². The Kier molecular flexibility index (Phi) is 6.00. The van der Waals surface area contributed by atoms with Gasteiger partial charge in [-0.1, -0.05) is 11.6 Å². The Morgan fingerprint density at radius 1 is 1.04 bits per heavy atom. The van der Waals surface area contributed by atoms with E-state index < -0.39 is 0 Å². The molecule has 0 atom stereocenters. The zero-order valence-electron chi connectivity index (χ0n) is 12.6. The monoisotopic (exact) mass is 332 g/mol. The molecule has 0 aromatic heterocycles. The molecule has 0 saturated heterocycles. The van der Waals surface area contributed by atoms with Gasteiger partial charge in [-0.3, -0.25) is 4.79 Å². The third-order valence-electron chi connectivity index (χ3n) is 3.02. The maximum absolute atomic E-state index is 11.7. The number of ketones is 1. The maximum atomic E-state index is 11.7. The van der Waals surface area contributed by atoms with Gasteiger partial charge in [0.2, 0.25) is 0 Å². The molecule has 0 saturated carbocycles. The van der Waals surface area contributed by atoms with Gasteiger partial charge in [-0.25, -0.2) is 4.79 Å². The van der Waals surface area contributed by atoms with Crippen molar-refractivity contribution < 1.29 is 14.3 Å². The quantitative estimate of drug-likeness (QED) is 0.625. The average Bonchev–Trinajstić information content (AvgIpc) is 2.54. The Bertz CT molecular complexity index is 669. The Morgan fingerprint density at radius 3 is 2.30 bits per heavy atom. The molecular formula is C17H17ClN2O3. The number of hydrogen-bond acceptors (Lipinski definition) is 3. The van der Waals surface area contributed by atoms with Crippen LogP contribution in [0.15, 0.2) is 48.5 Å². The van der Waals surface area contributed by atoms with E-state index in [1.165, 1.54) is 6.92 Å². The molecule has 0 bridgehead atoms. The lowest BCUT2D eigenvalue weighted by molar-refractivity contribution is 0.101. The number of carbonyl (C=O) groups is 2. The number of carbonyl (C=O) groups excluding carboxylic acids is 2. The molecule has 0 fully saturated rings. The molecule has 0 spiro atoms. The van der Waals surface area contributed by atoms with E-state index in [4.69, 9.17) is 16.3 Å². The minimum atomic E-state index is -0.333. The van der Waals surface area contributed by atoms with E-state index in [0.29, 0.717) is 35.2 Å². The Labute approximate surface area is 139 Å². The van der Waals surface area contributed by atoms with Gasteiger partial charge in [0.1, 0.15) is 12.4 Å². The molecule has 0 radical (unpaired) electrons. The number of anilines is 1. The highest BCUT2D eigenvalue weighted by Crippen LogP contribution is 2.15. The number of halogens is 1. The molecule has 23 heavy (non-hydrogen) atoms. The predicted octanol–water partition coefficient (Wildman–Crippen LogP) is 3.74. The molecule has 2 aromatic carbocycles. The number of Topliss-reactive ketones (excluding diaryl/α,β-unsaturated/α-hetero) is 1. The van der Waals surface area contributed by atoms with Crippen LogP contribution in [0.4, 0.5) is 10.5 Å². The van der Waals surface area contributed by atoms with Crippen LogP contribution >= 0.6 is 11.6 Å². The van der Waals surface area contributed by atoms with Crippen molar-refractivity contribution in [3.8, 4) is 5.75 Å². The first kappa shape index (κ1) is 16.8. The number of ether oxygens (including phenoxy) is 1. The van der Waals surface area contributed by atoms with E-state index in [2.05, 4.69) is 10.6 Å². The van der Waals surface area contributed by atoms with Crippen LogP contribution in [0.5, 0.6) is 5.75 Å². The fourth-order valence-electron chi connectivity index (χ4n) is 1.83. The second-order valence-electron chi connectivity index (χ2n) is 4.82. The van der Waals surface area contributed by atoms with Crippen LogP contribution in [0.2, 0.25) is 5.02 Å². The van der Waals surface area contributed by atoms with Crippen molar-refractivity contribution in [1.29, 1.82) is 0 Å². The molecular weight excluding hydrogens is 316 g/mol. The average molecular weight is 333 g/mol. The van der Waals surface area contributed by atoms with Crippen molar-refractivity contribution in [2.24, 2.45) is 0 Å². The largest absolute Gasteiger partial charge is 0.492 e. The van der Waals surface area contributed by atoms with Crippen molar-refractivity contribution in [2.45, 2.75) is 6.92 Å². The lowest BCUT2D eigenvalue weighted by atomic mass is 10.1. The number of rotatable bonds is 6. The summed E-state index contributed by atoms with van der Waals surface area (Å²) in [6.07, 6.45) is 0. The summed E-state index contributed by atoms with van der Waals surface area (Å²) in [7, 11) is 0. The number of nitrogens with one attached hydrogen (secondary N) is 2. The topological polar surface area (TPSA) is 67.4 Å². The van der Waals surface area contributed by atoms with E-state index in [1.807, 2.05) is 0 Å². The second kappa shape index (κ2) is 8.19. The molecule has 0 heterocycles. The smallest absolute Gasteiger partial charge is 0.319 e. The fraction of sp³-hybridized carbons (Fsp3) is 0.176. The van der Waals surface area contributed by atoms with Gasteiger partial charge in [0.25, 0.3) is 0 Å². The van der Waals surface area contributed by atoms with E-state index in [1.54, 1.807) is 48.5 Å². The van der Waals surface area contributed by atoms with Crippen molar-refractivity contribution in [2.75, 3.05) is 18.5 Å². The van der Waals surface area contributed by atoms with Crippen LogP contribution < -0.4 is 15.4 Å². The number of benzene rings is 2. The zero-order chi connectivity index (χ0) is 16.7. The summed E-state index contributed by atoms with van der Waals surface area (Å²) in [5.41, 5.74) is 1.22. The van der Waals surface area contributed by atoms with Gasteiger partial charge in [-0.2, -0.15) is 0 Å². The molecule has 120 valence electrons. The van der Waals surface area contributed by atoms with Crippen LogP contribution in [0.25, 0.3) is 0 Å². The highest BCUT2D eigenvalue weighted by Gasteiger charge is 2.03. The molecule has 0 aliphatic carbocycles. The minimum absolute atomic E-state index is 0.0136. The van der Waals surface area contributed by atoms with E-state index in [-0.39, 0.29) is 11.8 Å². The van der Waals surface area contributed by atoms with Crippen LogP contribution in [-0.4, -0.2) is 25.0 Å². The van der Waals surface area contributed by atoms with Crippen LogP contribution in [-0.2, 0) is 0 Å². The summed E-state index contributed by atoms with van der Waals surface area (Å²) < 4.78 is 5.47. The number of amides is 2. The molecule has 6 heteroatoms. The van der Waals surface area contributed by atoms with Crippen molar-refractivity contribution in [1.82, 2.24) is 5.32 Å². The summed E-state index contributed by atoms with van der Waals surface area (Å²) in [6.45, 7) is 2.20. The Balaban J connectivity index is 1.70. The van der Waals surface area contributed by atoms with Gasteiger partial charge in [-0.05, 0) is 55.5 Å². The van der Waals surface area contributed by atoms with Gasteiger partial charge in [0.05, 0.1) is 6.54 Å². The van der Waals surface area contributed by atoms with E-state index in [0.717, 1.165) is 0 Å².